The molecule has 0 spiro atoms. The van der Waals surface area contributed by atoms with E-state index in [1.165, 1.54) is 7.11 Å². The number of benzene rings is 3. The van der Waals surface area contributed by atoms with Gasteiger partial charge in [-0.1, -0.05) is 86.5 Å². The molecule has 0 N–H and O–H groups in total. The molecule has 1 saturated heterocycles. The van der Waals surface area contributed by atoms with Crippen molar-refractivity contribution < 1.29 is 14.3 Å². The predicted molar refractivity (Wildman–Crippen MR) is 190 cm³/mol. The van der Waals surface area contributed by atoms with Crippen molar-refractivity contribution in [2.24, 2.45) is 0 Å². The lowest BCUT2D eigenvalue weighted by molar-refractivity contribution is 0.0601. The highest BCUT2D eigenvalue weighted by Gasteiger charge is 2.26. The lowest BCUT2D eigenvalue weighted by Crippen LogP contribution is -2.49. The van der Waals surface area contributed by atoms with Crippen molar-refractivity contribution in [2.45, 2.75) is 57.2 Å². The second-order valence-electron chi connectivity index (χ2n) is 11.6. The molecule has 1 aromatic heterocycles. The van der Waals surface area contributed by atoms with Crippen LogP contribution in [-0.2, 0) is 23.5 Å². The highest BCUT2D eigenvalue weighted by atomic mass is 35.5. The second kappa shape index (κ2) is 16.4. The SMILES string of the molecule is CCCCc1nc(Cl)c(CSC(CC)N2CCN(c3ccccc3OC)CC2)n1Cc1ccc(-c2ccccc2)c(C(=O)OC)c1. The molecule has 3 aromatic carbocycles. The van der Waals surface area contributed by atoms with Crippen LogP contribution in [0, 0.1) is 0 Å². The van der Waals surface area contributed by atoms with E-state index in [-0.39, 0.29) is 5.97 Å². The van der Waals surface area contributed by atoms with Gasteiger partial charge >= 0.3 is 5.97 Å². The Morgan fingerprint density at radius 1 is 0.978 bits per heavy atom. The number of hydrogen-bond acceptors (Lipinski definition) is 7. The number of halogens is 1. The maximum Gasteiger partial charge on any atom is 0.338 e. The Labute approximate surface area is 282 Å². The number of hydrogen-bond donors (Lipinski definition) is 0. The monoisotopic (exact) mass is 660 g/mol. The molecule has 0 bridgehead atoms. The number of methoxy groups -OCH3 is 2. The second-order valence-corrected chi connectivity index (χ2v) is 13.1. The molecule has 1 unspecified atom stereocenters. The number of anilines is 1. The van der Waals surface area contributed by atoms with Gasteiger partial charge in [-0.05, 0) is 47.7 Å². The van der Waals surface area contributed by atoms with E-state index in [2.05, 4.69) is 46.4 Å². The van der Waals surface area contributed by atoms with Gasteiger partial charge < -0.3 is 18.9 Å². The van der Waals surface area contributed by atoms with E-state index in [0.29, 0.717) is 22.6 Å². The number of carbonyl (C=O) groups excluding carboxylic acids is 1. The van der Waals surface area contributed by atoms with Gasteiger partial charge in [-0.2, -0.15) is 0 Å². The Hall–Kier alpha value is -3.46. The molecule has 0 aliphatic carbocycles. The van der Waals surface area contributed by atoms with Crippen molar-refractivity contribution in [1.82, 2.24) is 14.5 Å². The number of aromatic nitrogens is 2. The van der Waals surface area contributed by atoms with Crippen molar-refractivity contribution >= 4 is 35.0 Å². The third-order valence-electron chi connectivity index (χ3n) is 8.68. The normalized spacial score (nSPS) is 14.3. The smallest absolute Gasteiger partial charge is 0.338 e. The molecule has 244 valence electrons. The first-order chi connectivity index (χ1) is 22.5. The number of esters is 1. The Morgan fingerprint density at radius 2 is 1.72 bits per heavy atom. The molecule has 1 atom stereocenters. The van der Waals surface area contributed by atoms with Gasteiger partial charge in [0.15, 0.2) is 5.15 Å². The summed E-state index contributed by atoms with van der Waals surface area (Å²) in [5.74, 6) is 2.33. The molecule has 2 heterocycles. The standard InChI is InChI=1S/C37H45ClN4O3S/c1-5-7-17-34-39-36(38)32(26-46-35(6-2)41-22-20-40(21-23-41)31-15-11-12-16-33(31)44-3)42(34)25-27-18-19-29(28-13-9-8-10-14-28)30(24-27)37(43)45-4/h8-16,18-19,24,35H,5-7,17,20-23,25-26H2,1-4H3. The van der Waals surface area contributed by atoms with Gasteiger partial charge in [0, 0.05) is 44.9 Å². The fourth-order valence-electron chi connectivity index (χ4n) is 6.17. The molecule has 0 saturated carbocycles. The van der Waals surface area contributed by atoms with E-state index < -0.39 is 0 Å². The van der Waals surface area contributed by atoms with Gasteiger partial charge in [0.05, 0.1) is 36.5 Å². The molecular formula is C37H45ClN4O3S. The van der Waals surface area contributed by atoms with Gasteiger partial charge in [-0.3, -0.25) is 4.90 Å². The topological polar surface area (TPSA) is 59.8 Å². The number of unbranched alkanes of at least 4 members (excludes halogenated alkanes) is 1. The molecule has 7 nitrogen and oxygen atoms in total. The van der Waals surface area contributed by atoms with Crippen LogP contribution in [0.25, 0.3) is 11.1 Å². The minimum absolute atomic E-state index is 0.344. The molecule has 46 heavy (non-hydrogen) atoms. The minimum Gasteiger partial charge on any atom is -0.495 e. The zero-order valence-electron chi connectivity index (χ0n) is 27.4. The van der Waals surface area contributed by atoms with Crippen LogP contribution in [0.1, 0.15) is 60.5 Å². The van der Waals surface area contributed by atoms with Gasteiger partial charge in [0.1, 0.15) is 11.6 Å². The molecular weight excluding hydrogens is 616 g/mol. The van der Waals surface area contributed by atoms with Crippen LogP contribution in [0.2, 0.25) is 5.15 Å². The van der Waals surface area contributed by atoms with E-state index >= 15 is 0 Å². The highest BCUT2D eigenvalue weighted by molar-refractivity contribution is 7.99. The zero-order chi connectivity index (χ0) is 32.5. The van der Waals surface area contributed by atoms with E-state index in [0.717, 1.165) is 97.3 Å². The quantitative estimate of drug-likeness (QED) is 0.126. The van der Waals surface area contributed by atoms with Gasteiger partial charge in [-0.25, -0.2) is 9.78 Å². The Morgan fingerprint density at radius 3 is 2.41 bits per heavy atom. The summed E-state index contributed by atoms with van der Waals surface area (Å²) in [5, 5.41) is 0.943. The zero-order valence-corrected chi connectivity index (χ0v) is 28.9. The summed E-state index contributed by atoms with van der Waals surface area (Å²) >= 11 is 8.82. The first kappa shape index (κ1) is 33.9. The van der Waals surface area contributed by atoms with E-state index in [1.54, 1.807) is 7.11 Å². The predicted octanol–water partition coefficient (Wildman–Crippen LogP) is 8.18. The van der Waals surface area contributed by atoms with Crippen molar-refractivity contribution in [3.8, 4) is 16.9 Å². The Bertz CT molecular complexity index is 1590. The summed E-state index contributed by atoms with van der Waals surface area (Å²) < 4.78 is 13.1. The Balaban J connectivity index is 1.34. The fraction of sp³-hybridized carbons (Fsp3) is 0.405. The molecule has 0 radical (unpaired) electrons. The summed E-state index contributed by atoms with van der Waals surface area (Å²) in [4.78, 5) is 22.8. The van der Waals surface area contributed by atoms with Crippen molar-refractivity contribution in [3.63, 3.8) is 0 Å². The van der Waals surface area contributed by atoms with E-state index in [9.17, 15) is 4.79 Å². The van der Waals surface area contributed by atoms with E-state index in [1.807, 2.05) is 66.4 Å². The summed E-state index contributed by atoms with van der Waals surface area (Å²) in [6, 6.07) is 24.3. The maximum absolute atomic E-state index is 12.9. The number of imidazole rings is 1. The van der Waals surface area contributed by atoms with Crippen LogP contribution < -0.4 is 9.64 Å². The van der Waals surface area contributed by atoms with Crippen LogP contribution in [0.5, 0.6) is 5.75 Å². The first-order valence-corrected chi connectivity index (χ1v) is 17.6. The number of thioether (sulfide) groups is 1. The molecule has 5 rings (SSSR count). The van der Waals surface area contributed by atoms with Gasteiger partial charge in [-0.15, -0.1) is 11.8 Å². The molecule has 4 aromatic rings. The van der Waals surface area contributed by atoms with Crippen molar-refractivity contribution in [2.75, 3.05) is 45.3 Å². The third kappa shape index (κ3) is 7.91. The summed E-state index contributed by atoms with van der Waals surface area (Å²) in [7, 11) is 3.17. The third-order valence-corrected chi connectivity index (χ3v) is 10.4. The van der Waals surface area contributed by atoms with Crippen molar-refractivity contribution in [1.29, 1.82) is 0 Å². The number of carbonyl (C=O) groups is 1. The maximum atomic E-state index is 12.9. The minimum atomic E-state index is -0.344. The molecule has 1 fully saturated rings. The highest BCUT2D eigenvalue weighted by Crippen LogP contribution is 2.33. The summed E-state index contributed by atoms with van der Waals surface area (Å²) in [6.45, 7) is 8.93. The molecule has 9 heteroatoms. The average molecular weight is 661 g/mol. The van der Waals surface area contributed by atoms with Crippen molar-refractivity contribution in [3.05, 3.63) is 101 Å². The first-order valence-electron chi connectivity index (χ1n) is 16.2. The molecule has 0 amide bonds. The van der Waals surface area contributed by atoms with Crippen LogP contribution in [0.15, 0.2) is 72.8 Å². The lowest BCUT2D eigenvalue weighted by atomic mass is 9.97. The number of ether oxygens (including phenoxy) is 2. The van der Waals surface area contributed by atoms with Crippen LogP contribution in [-0.4, -0.2) is 66.2 Å². The molecule has 1 aliphatic heterocycles. The number of aryl methyl sites for hydroxylation is 1. The van der Waals surface area contributed by atoms with Gasteiger partial charge in [0.2, 0.25) is 0 Å². The van der Waals surface area contributed by atoms with Crippen LogP contribution in [0.4, 0.5) is 5.69 Å². The Kier molecular flexibility index (Phi) is 12.1. The van der Waals surface area contributed by atoms with Crippen LogP contribution in [0.3, 0.4) is 0 Å². The number of nitrogens with zero attached hydrogens (tertiary/aromatic N) is 4. The summed E-state index contributed by atoms with van der Waals surface area (Å²) in [6.07, 6.45) is 4.01. The number of rotatable bonds is 14. The number of piperazine rings is 1. The average Bonchev–Trinajstić information content (AvgIpc) is 3.40. The largest absolute Gasteiger partial charge is 0.495 e. The fourth-order valence-corrected chi connectivity index (χ4v) is 7.82. The van der Waals surface area contributed by atoms with Gasteiger partial charge in [0.25, 0.3) is 0 Å². The lowest BCUT2D eigenvalue weighted by Gasteiger charge is -2.40. The van der Waals surface area contributed by atoms with E-state index in [4.69, 9.17) is 26.1 Å². The number of para-hydroxylation sites is 2. The van der Waals surface area contributed by atoms with Crippen LogP contribution >= 0.6 is 23.4 Å². The molecule has 1 aliphatic rings. The summed E-state index contributed by atoms with van der Waals surface area (Å²) in [5.41, 5.74) is 5.61.